The summed E-state index contributed by atoms with van der Waals surface area (Å²) in [5.41, 5.74) is 0.453. The van der Waals surface area contributed by atoms with Gasteiger partial charge in [-0.05, 0) is 31.2 Å². The van der Waals surface area contributed by atoms with Gasteiger partial charge in [0.25, 0.3) is 0 Å². The maximum atomic E-state index is 11.1. The van der Waals surface area contributed by atoms with Gasteiger partial charge in [0.2, 0.25) is 0 Å². The standard InChI is InChI=1S/C9H10O3.Zn/c1-2-12-9(11)7-3-5-8(10)6-4-7;/h3-6,10H,2H2,1H3;. The third-order valence-electron chi connectivity index (χ3n) is 1.38. The van der Waals surface area contributed by atoms with E-state index in [2.05, 4.69) is 0 Å². The largest absolute Gasteiger partial charge is 0.508 e. The molecule has 0 aromatic heterocycles. The zero-order valence-electron chi connectivity index (χ0n) is 7.49. The van der Waals surface area contributed by atoms with Crippen LogP contribution in [0.2, 0.25) is 0 Å². The second-order valence-corrected chi connectivity index (χ2v) is 2.27. The van der Waals surface area contributed by atoms with E-state index in [1.165, 1.54) is 24.3 Å². The summed E-state index contributed by atoms with van der Waals surface area (Å²) in [6.07, 6.45) is 0. The number of hydrogen-bond acceptors (Lipinski definition) is 3. The number of phenols is 1. The summed E-state index contributed by atoms with van der Waals surface area (Å²) in [5, 5.41) is 8.92. The summed E-state index contributed by atoms with van der Waals surface area (Å²) in [7, 11) is 0. The van der Waals surface area contributed by atoms with Gasteiger partial charge in [0, 0.05) is 19.5 Å². The van der Waals surface area contributed by atoms with Crippen molar-refractivity contribution in [2.75, 3.05) is 6.61 Å². The van der Waals surface area contributed by atoms with E-state index in [4.69, 9.17) is 9.84 Å². The van der Waals surface area contributed by atoms with Crippen molar-refractivity contribution < 1.29 is 34.1 Å². The van der Waals surface area contributed by atoms with E-state index in [1.807, 2.05) is 0 Å². The first-order chi connectivity index (χ1) is 5.74. The molecule has 3 nitrogen and oxygen atoms in total. The first-order valence-corrected chi connectivity index (χ1v) is 3.70. The topological polar surface area (TPSA) is 46.5 Å². The molecule has 0 aliphatic rings. The van der Waals surface area contributed by atoms with Crippen LogP contribution in [0.3, 0.4) is 0 Å². The summed E-state index contributed by atoms with van der Waals surface area (Å²) >= 11 is 0. The van der Waals surface area contributed by atoms with Crippen molar-refractivity contribution in [2.24, 2.45) is 0 Å². The second kappa shape index (κ2) is 5.71. The zero-order valence-corrected chi connectivity index (χ0v) is 10.5. The van der Waals surface area contributed by atoms with Crippen LogP contribution in [0.25, 0.3) is 0 Å². The number of benzene rings is 1. The Morgan fingerprint density at radius 2 is 1.92 bits per heavy atom. The molecule has 1 N–H and O–H groups in total. The fourth-order valence-electron chi connectivity index (χ4n) is 0.812. The van der Waals surface area contributed by atoms with Gasteiger partial charge in [0.15, 0.2) is 0 Å². The fourth-order valence-corrected chi connectivity index (χ4v) is 0.812. The molecule has 66 valence electrons. The van der Waals surface area contributed by atoms with E-state index in [-0.39, 0.29) is 31.2 Å². The summed E-state index contributed by atoms with van der Waals surface area (Å²) < 4.78 is 4.75. The minimum atomic E-state index is -0.363. The average molecular weight is 232 g/mol. The molecular formula is C9H10O3Zn. The van der Waals surface area contributed by atoms with Gasteiger partial charge < -0.3 is 9.84 Å². The molecule has 13 heavy (non-hydrogen) atoms. The van der Waals surface area contributed by atoms with Crippen LogP contribution in [0.4, 0.5) is 0 Å². The molecule has 1 aromatic carbocycles. The van der Waals surface area contributed by atoms with Crippen molar-refractivity contribution in [3.8, 4) is 5.75 Å². The monoisotopic (exact) mass is 230 g/mol. The van der Waals surface area contributed by atoms with E-state index in [9.17, 15) is 4.79 Å². The van der Waals surface area contributed by atoms with Crippen LogP contribution in [0.15, 0.2) is 24.3 Å². The predicted molar refractivity (Wildman–Crippen MR) is 44.1 cm³/mol. The summed E-state index contributed by atoms with van der Waals surface area (Å²) in [4.78, 5) is 11.1. The number of carbonyl (C=O) groups is 1. The Morgan fingerprint density at radius 1 is 1.38 bits per heavy atom. The van der Waals surface area contributed by atoms with Crippen LogP contribution in [-0.4, -0.2) is 17.7 Å². The number of phenolic OH excluding ortho intramolecular Hbond substituents is 1. The van der Waals surface area contributed by atoms with Gasteiger partial charge in [-0.2, -0.15) is 0 Å². The minimum absolute atomic E-state index is 0. The van der Waals surface area contributed by atoms with Gasteiger partial charge >= 0.3 is 5.97 Å². The zero-order chi connectivity index (χ0) is 8.97. The molecule has 0 amide bonds. The third kappa shape index (κ3) is 3.55. The van der Waals surface area contributed by atoms with Crippen molar-refractivity contribution in [1.82, 2.24) is 0 Å². The Hall–Kier alpha value is -0.887. The van der Waals surface area contributed by atoms with Crippen molar-refractivity contribution in [3.05, 3.63) is 29.8 Å². The van der Waals surface area contributed by atoms with Crippen LogP contribution >= 0.6 is 0 Å². The van der Waals surface area contributed by atoms with Gasteiger partial charge in [0.1, 0.15) is 5.75 Å². The molecule has 0 bridgehead atoms. The molecule has 0 spiro atoms. The first-order valence-electron chi connectivity index (χ1n) is 3.70. The van der Waals surface area contributed by atoms with Crippen LogP contribution in [-0.2, 0) is 24.2 Å². The van der Waals surface area contributed by atoms with Gasteiger partial charge in [0.05, 0.1) is 12.2 Å². The van der Waals surface area contributed by atoms with Crippen LogP contribution < -0.4 is 0 Å². The second-order valence-electron chi connectivity index (χ2n) is 2.27. The molecule has 0 radical (unpaired) electrons. The molecule has 0 aliphatic heterocycles. The quantitative estimate of drug-likeness (QED) is 0.621. The molecule has 1 rings (SSSR count). The molecule has 0 atom stereocenters. The van der Waals surface area contributed by atoms with Gasteiger partial charge in [-0.3, -0.25) is 0 Å². The molecule has 0 heterocycles. The molecule has 1 aromatic rings. The number of aromatic hydroxyl groups is 1. The smallest absolute Gasteiger partial charge is 0.338 e. The molecule has 0 aliphatic carbocycles. The van der Waals surface area contributed by atoms with Crippen molar-refractivity contribution in [1.29, 1.82) is 0 Å². The summed E-state index contributed by atoms with van der Waals surface area (Å²) in [5.74, 6) is -0.222. The molecule has 0 unspecified atom stereocenters. The number of rotatable bonds is 2. The van der Waals surface area contributed by atoms with Gasteiger partial charge in [-0.15, -0.1) is 0 Å². The minimum Gasteiger partial charge on any atom is -0.508 e. The van der Waals surface area contributed by atoms with Crippen LogP contribution in [0.5, 0.6) is 5.75 Å². The van der Waals surface area contributed by atoms with Gasteiger partial charge in [-0.25, -0.2) is 4.79 Å². The molecule has 4 heteroatoms. The molecular weight excluding hydrogens is 221 g/mol. The Morgan fingerprint density at radius 3 is 2.38 bits per heavy atom. The maximum absolute atomic E-state index is 11.1. The maximum Gasteiger partial charge on any atom is 0.338 e. The van der Waals surface area contributed by atoms with Crippen molar-refractivity contribution >= 4 is 5.97 Å². The third-order valence-corrected chi connectivity index (χ3v) is 1.38. The van der Waals surface area contributed by atoms with Crippen molar-refractivity contribution in [3.63, 3.8) is 0 Å². The van der Waals surface area contributed by atoms with E-state index in [1.54, 1.807) is 6.92 Å². The predicted octanol–water partition coefficient (Wildman–Crippen LogP) is 1.57. The normalized spacial score (nSPS) is 8.69. The summed E-state index contributed by atoms with van der Waals surface area (Å²) in [6, 6.07) is 5.94. The number of hydrogen-bond donors (Lipinski definition) is 1. The Kier molecular flexibility index (Phi) is 5.32. The number of esters is 1. The van der Waals surface area contributed by atoms with Gasteiger partial charge in [-0.1, -0.05) is 0 Å². The van der Waals surface area contributed by atoms with E-state index in [0.717, 1.165) is 0 Å². The molecule has 0 saturated heterocycles. The average Bonchev–Trinajstić information content (AvgIpc) is 2.06. The van der Waals surface area contributed by atoms with Crippen LogP contribution in [0, 0.1) is 0 Å². The SMILES string of the molecule is CCOC(=O)c1ccc(O)cc1.[Zn]. The van der Waals surface area contributed by atoms with E-state index < -0.39 is 0 Å². The Labute approximate surface area is 89.5 Å². The van der Waals surface area contributed by atoms with E-state index in [0.29, 0.717) is 12.2 Å². The van der Waals surface area contributed by atoms with Crippen LogP contribution in [0.1, 0.15) is 17.3 Å². The van der Waals surface area contributed by atoms with E-state index >= 15 is 0 Å². The Balaban J connectivity index is 0.00000144. The number of carbonyl (C=O) groups excluding carboxylic acids is 1. The van der Waals surface area contributed by atoms with Crippen molar-refractivity contribution in [2.45, 2.75) is 6.92 Å². The molecule has 0 fully saturated rings. The summed E-state index contributed by atoms with van der Waals surface area (Å²) in [6.45, 7) is 2.11. The number of ether oxygens (including phenoxy) is 1. The fraction of sp³-hybridized carbons (Fsp3) is 0.222. The Bertz CT molecular complexity index is 269. The molecule has 0 saturated carbocycles. The first kappa shape index (κ1) is 12.1.